The van der Waals surface area contributed by atoms with E-state index in [0.29, 0.717) is 38.8 Å². The van der Waals surface area contributed by atoms with Gasteiger partial charge in [-0.15, -0.1) is 6.42 Å². The first kappa shape index (κ1) is 20.9. The molecule has 8 nitrogen and oxygen atoms in total. The van der Waals surface area contributed by atoms with Crippen LogP contribution in [0.25, 0.3) is 0 Å². The number of terminal acetylenes is 1. The summed E-state index contributed by atoms with van der Waals surface area (Å²) >= 11 is 0. The molecule has 0 saturated heterocycles. The lowest BCUT2D eigenvalue weighted by molar-refractivity contribution is -0.129. The number of unbranched alkanes of at least 4 members (excludes halogenated alkanes) is 1. The summed E-state index contributed by atoms with van der Waals surface area (Å²) < 4.78 is 0. The lowest BCUT2D eigenvalue weighted by atomic mass is 10.1. The zero-order valence-electron chi connectivity index (χ0n) is 13.4. The number of carbonyl (C=O) groups excluding carboxylic acids is 3. The summed E-state index contributed by atoms with van der Waals surface area (Å²) in [6.07, 6.45) is 7.38. The Balaban J connectivity index is 4.19. The summed E-state index contributed by atoms with van der Waals surface area (Å²) in [4.78, 5) is 34.8. The van der Waals surface area contributed by atoms with Crippen molar-refractivity contribution in [3.05, 3.63) is 0 Å². The molecule has 0 bridgehead atoms. The molecule has 0 aliphatic carbocycles. The number of rotatable bonds is 12. The van der Waals surface area contributed by atoms with Crippen LogP contribution < -0.4 is 27.4 Å². The van der Waals surface area contributed by atoms with Crippen molar-refractivity contribution in [3.63, 3.8) is 0 Å². The minimum absolute atomic E-state index is 0.0907. The second-order valence-electron chi connectivity index (χ2n) is 4.97. The van der Waals surface area contributed by atoms with Gasteiger partial charge in [-0.05, 0) is 19.3 Å². The largest absolute Gasteiger partial charge is 0.356 e. The molecule has 0 aliphatic rings. The Morgan fingerprint density at radius 2 is 1.65 bits per heavy atom. The molecule has 0 fully saturated rings. The maximum absolute atomic E-state index is 12.0. The first-order valence-corrected chi connectivity index (χ1v) is 7.72. The third kappa shape index (κ3) is 11.2. The summed E-state index contributed by atoms with van der Waals surface area (Å²) in [6, 6.07) is -0.651. The van der Waals surface area contributed by atoms with Crippen molar-refractivity contribution in [3.8, 4) is 12.3 Å². The summed E-state index contributed by atoms with van der Waals surface area (Å²) in [6.45, 7) is 1.15. The SMILES string of the molecule is C#CCNC(=O)C(CCCCNC(=O)CCN)NC(=O)CCN. The molecule has 0 aromatic rings. The molecule has 0 aromatic heterocycles. The van der Waals surface area contributed by atoms with Crippen LogP contribution in [0.5, 0.6) is 0 Å². The lowest BCUT2D eigenvalue weighted by Crippen LogP contribution is -2.47. The van der Waals surface area contributed by atoms with Gasteiger partial charge in [0, 0.05) is 32.5 Å². The number of nitrogens with two attached hydrogens (primary N) is 2. The fourth-order valence-corrected chi connectivity index (χ4v) is 1.85. The van der Waals surface area contributed by atoms with Gasteiger partial charge in [0.15, 0.2) is 0 Å². The first-order chi connectivity index (χ1) is 11.0. The van der Waals surface area contributed by atoms with Gasteiger partial charge in [-0.25, -0.2) is 0 Å². The predicted molar refractivity (Wildman–Crippen MR) is 88.0 cm³/mol. The van der Waals surface area contributed by atoms with E-state index in [1.807, 2.05) is 0 Å². The monoisotopic (exact) mass is 325 g/mol. The normalized spacial score (nSPS) is 11.2. The van der Waals surface area contributed by atoms with Gasteiger partial charge in [0.2, 0.25) is 17.7 Å². The van der Waals surface area contributed by atoms with Crippen molar-refractivity contribution in [1.29, 1.82) is 0 Å². The highest BCUT2D eigenvalue weighted by Gasteiger charge is 2.19. The van der Waals surface area contributed by atoms with E-state index in [-0.39, 0.29) is 37.2 Å². The Morgan fingerprint density at radius 3 is 2.26 bits per heavy atom. The average Bonchev–Trinajstić information content (AvgIpc) is 2.51. The third-order valence-electron chi connectivity index (χ3n) is 3.00. The summed E-state index contributed by atoms with van der Waals surface area (Å²) in [5, 5.41) is 7.93. The zero-order valence-corrected chi connectivity index (χ0v) is 13.4. The molecule has 0 spiro atoms. The minimum atomic E-state index is -0.651. The Hall–Kier alpha value is -2.11. The van der Waals surface area contributed by atoms with Gasteiger partial charge in [0.25, 0.3) is 0 Å². The predicted octanol–water partition coefficient (Wildman–Crippen LogP) is -1.80. The Morgan fingerprint density at radius 1 is 1.00 bits per heavy atom. The van der Waals surface area contributed by atoms with Crippen LogP contribution in [-0.4, -0.2) is 49.9 Å². The molecule has 0 radical (unpaired) electrons. The topological polar surface area (TPSA) is 139 Å². The molecule has 0 saturated carbocycles. The van der Waals surface area contributed by atoms with E-state index in [0.717, 1.165) is 0 Å². The van der Waals surface area contributed by atoms with E-state index in [9.17, 15) is 14.4 Å². The maximum Gasteiger partial charge on any atom is 0.243 e. The molecule has 0 rings (SSSR count). The van der Waals surface area contributed by atoms with Gasteiger partial charge in [-0.1, -0.05) is 5.92 Å². The molecule has 1 atom stereocenters. The van der Waals surface area contributed by atoms with Gasteiger partial charge < -0.3 is 27.4 Å². The van der Waals surface area contributed by atoms with Gasteiger partial charge in [0.1, 0.15) is 6.04 Å². The van der Waals surface area contributed by atoms with Crippen LogP contribution in [0, 0.1) is 12.3 Å². The number of nitrogens with one attached hydrogen (secondary N) is 3. The fraction of sp³-hybridized carbons (Fsp3) is 0.667. The van der Waals surface area contributed by atoms with Gasteiger partial charge in [-0.3, -0.25) is 14.4 Å². The molecule has 7 N–H and O–H groups in total. The number of hydrogen-bond donors (Lipinski definition) is 5. The molecule has 8 heteroatoms. The van der Waals surface area contributed by atoms with Crippen LogP contribution in [0.15, 0.2) is 0 Å². The average molecular weight is 325 g/mol. The van der Waals surface area contributed by atoms with Crippen molar-refractivity contribution < 1.29 is 14.4 Å². The first-order valence-electron chi connectivity index (χ1n) is 7.72. The molecule has 23 heavy (non-hydrogen) atoms. The Bertz CT molecular complexity index is 420. The summed E-state index contributed by atoms with van der Waals surface area (Å²) in [5.41, 5.74) is 10.6. The van der Waals surface area contributed by atoms with Crippen LogP contribution in [0.1, 0.15) is 32.1 Å². The second-order valence-corrected chi connectivity index (χ2v) is 4.97. The number of carbonyl (C=O) groups is 3. The van der Waals surface area contributed by atoms with Crippen LogP contribution >= 0.6 is 0 Å². The summed E-state index contributed by atoms with van der Waals surface area (Å²) in [5.74, 6) is 1.63. The second kappa shape index (κ2) is 13.5. The molecular formula is C15H27N5O3. The number of hydrogen-bond acceptors (Lipinski definition) is 5. The molecule has 0 heterocycles. The van der Waals surface area contributed by atoms with Gasteiger partial charge in [0.05, 0.1) is 6.54 Å². The van der Waals surface area contributed by atoms with Gasteiger partial charge in [-0.2, -0.15) is 0 Å². The lowest BCUT2D eigenvalue weighted by Gasteiger charge is -2.17. The molecule has 0 aromatic carbocycles. The smallest absolute Gasteiger partial charge is 0.243 e. The molecule has 3 amide bonds. The third-order valence-corrected chi connectivity index (χ3v) is 3.00. The van der Waals surface area contributed by atoms with E-state index >= 15 is 0 Å². The molecule has 130 valence electrons. The standard InChI is InChI=1S/C15H27N5O3/c1-2-10-19-15(23)12(20-14(22)7-9-17)5-3-4-11-18-13(21)6-8-16/h1,12H,3-11,16-17H2,(H,18,21)(H,19,23)(H,20,22). The molecular weight excluding hydrogens is 298 g/mol. The van der Waals surface area contributed by atoms with Crippen molar-refractivity contribution in [2.45, 2.75) is 38.1 Å². The summed E-state index contributed by atoms with van der Waals surface area (Å²) in [7, 11) is 0. The fourth-order valence-electron chi connectivity index (χ4n) is 1.85. The Labute approximate surface area is 137 Å². The van der Waals surface area contributed by atoms with Crippen LogP contribution in [0.4, 0.5) is 0 Å². The van der Waals surface area contributed by atoms with E-state index in [2.05, 4.69) is 21.9 Å². The van der Waals surface area contributed by atoms with Crippen molar-refractivity contribution in [2.24, 2.45) is 11.5 Å². The molecule has 0 aliphatic heterocycles. The minimum Gasteiger partial charge on any atom is -0.356 e. The van der Waals surface area contributed by atoms with E-state index in [1.54, 1.807) is 0 Å². The van der Waals surface area contributed by atoms with Crippen molar-refractivity contribution in [2.75, 3.05) is 26.2 Å². The van der Waals surface area contributed by atoms with Crippen molar-refractivity contribution >= 4 is 17.7 Å². The quantitative estimate of drug-likeness (QED) is 0.213. The van der Waals surface area contributed by atoms with E-state index in [4.69, 9.17) is 17.9 Å². The molecule has 1 unspecified atom stereocenters. The van der Waals surface area contributed by atoms with Crippen LogP contribution in [0.2, 0.25) is 0 Å². The maximum atomic E-state index is 12.0. The van der Waals surface area contributed by atoms with Crippen molar-refractivity contribution in [1.82, 2.24) is 16.0 Å². The van der Waals surface area contributed by atoms with Gasteiger partial charge >= 0.3 is 0 Å². The van der Waals surface area contributed by atoms with E-state index < -0.39 is 6.04 Å². The zero-order chi connectivity index (χ0) is 17.5. The highest BCUT2D eigenvalue weighted by molar-refractivity contribution is 5.87. The highest BCUT2D eigenvalue weighted by atomic mass is 16.2. The Kier molecular flexibility index (Phi) is 12.3. The van der Waals surface area contributed by atoms with Crippen LogP contribution in [0.3, 0.4) is 0 Å². The highest BCUT2D eigenvalue weighted by Crippen LogP contribution is 2.02. The van der Waals surface area contributed by atoms with E-state index in [1.165, 1.54) is 0 Å². The van der Waals surface area contributed by atoms with Crippen LogP contribution in [-0.2, 0) is 14.4 Å². The number of amides is 3.